The third-order valence-electron chi connectivity index (χ3n) is 1.93. The zero-order chi connectivity index (χ0) is 7.40. The van der Waals surface area contributed by atoms with E-state index in [1.54, 1.807) is 0 Å². The van der Waals surface area contributed by atoms with Gasteiger partial charge in [0.05, 0.1) is 0 Å². The molecule has 0 aliphatic heterocycles. The van der Waals surface area contributed by atoms with Crippen molar-refractivity contribution in [1.82, 2.24) is 0 Å². The van der Waals surface area contributed by atoms with Crippen LogP contribution in [0.5, 0.6) is 0 Å². The minimum absolute atomic E-state index is 0.248. The molecule has 0 saturated heterocycles. The molecule has 0 radical (unpaired) electrons. The van der Waals surface area contributed by atoms with Crippen LogP contribution < -0.4 is 0 Å². The van der Waals surface area contributed by atoms with Crippen molar-refractivity contribution in [2.24, 2.45) is 5.92 Å². The lowest BCUT2D eigenvalue weighted by Crippen LogP contribution is -2.12. The van der Waals surface area contributed by atoms with Gasteiger partial charge in [0.1, 0.15) is 0 Å². The molecule has 0 unspecified atom stereocenters. The van der Waals surface area contributed by atoms with Gasteiger partial charge in [0, 0.05) is 6.61 Å². The molecule has 1 nitrogen and oxygen atoms in total. The Hall–Kier alpha value is -0.115. The summed E-state index contributed by atoms with van der Waals surface area (Å²) in [6.07, 6.45) is 4.48. The average molecular weight is 148 g/mol. The van der Waals surface area contributed by atoms with Gasteiger partial charge in [0.2, 0.25) is 0 Å². The summed E-state index contributed by atoms with van der Waals surface area (Å²) in [4.78, 5) is 0. The van der Waals surface area contributed by atoms with Crippen molar-refractivity contribution in [3.8, 4) is 0 Å². The van der Waals surface area contributed by atoms with Crippen molar-refractivity contribution < 1.29 is 13.3 Å². The van der Waals surface area contributed by atoms with Crippen molar-refractivity contribution in [3.63, 3.8) is 0 Å². The predicted octanol–water partition coefficient (Wildman–Crippen LogP) is 2.12. The molecule has 0 aromatic rings. The predicted molar refractivity (Wildman–Crippen MR) is 35.9 cm³/mol. The maximum absolute atomic E-state index is 11.5. The van der Waals surface area contributed by atoms with E-state index in [2.05, 4.69) is 4.65 Å². The van der Waals surface area contributed by atoms with E-state index in [1.807, 2.05) is 0 Å². The Morgan fingerprint density at radius 3 is 2.40 bits per heavy atom. The largest absolute Gasteiger partial charge is 0.721 e. The van der Waals surface area contributed by atoms with Crippen LogP contribution in [0.3, 0.4) is 0 Å². The normalized spacial score (nSPS) is 19.8. The number of hydrogen-bond acceptors (Lipinski definition) is 1. The maximum atomic E-state index is 11.5. The van der Waals surface area contributed by atoms with Gasteiger partial charge in [-0.3, -0.25) is 8.63 Å². The zero-order valence-corrected chi connectivity index (χ0v) is 5.85. The molecule has 0 heterocycles. The fraction of sp³-hybridized carbons (Fsp3) is 1.00. The van der Waals surface area contributed by atoms with Crippen LogP contribution in [0.2, 0.25) is 0 Å². The van der Waals surface area contributed by atoms with Gasteiger partial charge in [-0.1, -0.05) is 12.8 Å². The van der Waals surface area contributed by atoms with Crippen molar-refractivity contribution >= 4 is 7.47 Å². The molecule has 4 heteroatoms. The highest BCUT2D eigenvalue weighted by atomic mass is 19.2. The van der Waals surface area contributed by atoms with Gasteiger partial charge >= 0.3 is 7.47 Å². The van der Waals surface area contributed by atoms with E-state index in [4.69, 9.17) is 0 Å². The first-order valence-corrected chi connectivity index (χ1v) is 3.69. The quantitative estimate of drug-likeness (QED) is 0.557. The molecule has 0 aromatic heterocycles. The van der Waals surface area contributed by atoms with Crippen molar-refractivity contribution in [1.29, 1.82) is 0 Å². The Balaban J connectivity index is 2.01. The van der Waals surface area contributed by atoms with Gasteiger partial charge in [0.25, 0.3) is 0 Å². The highest BCUT2D eigenvalue weighted by molar-refractivity contribution is 6.34. The lowest BCUT2D eigenvalue weighted by atomic mass is 10.1. The minimum atomic E-state index is -2.58. The molecule has 0 N–H and O–H groups in total. The maximum Gasteiger partial charge on any atom is 0.721 e. The van der Waals surface area contributed by atoms with E-state index in [-0.39, 0.29) is 6.61 Å². The van der Waals surface area contributed by atoms with E-state index < -0.39 is 7.47 Å². The lowest BCUT2D eigenvalue weighted by Gasteiger charge is -2.06. The topological polar surface area (TPSA) is 9.23 Å². The molecule has 1 saturated carbocycles. The van der Waals surface area contributed by atoms with E-state index in [0.717, 1.165) is 12.8 Å². The van der Waals surface area contributed by atoms with Crippen molar-refractivity contribution in [2.75, 3.05) is 6.61 Å². The summed E-state index contributed by atoms with van der Waals surface area (Å²) in [5.41, 5.74) is 0. The summed E-state index contributed by atoms with van der Waals surface area (Å²) >= 11 is 0. The smallest absolute Gasteiger partial charge is 0.379 e. The Morgan fingerprint density at radius 1 is 1.30 bits per heavy atom. The highest BCUT2D eigenvalue weighted by Gasteiger charge is 2.20. The zero-order valence-electron chi connectivity index (χ0n) is 5.85. The van der Waals surface area contributed by atoms with E-state index >= 15 is 0 Å². The van der Waals surface area contributed by atoms with Crippen LogP contribution in [0.1, 0.15) is 25.7 Å². The molecular formula is C6H11BF2O. The molecule has 58 valence electrons. The number of rotatable bonds is 3. The number of halogens is 2. The summed E-state index contributed by atoms with van der Waals surface area (Å²) in [6, 6.07) is 0. The van der Waals surface area contributed by atoms with Crippen LogP contribution in [0.4, 0.5) is 8.63 Å². The Morgan fingerprint density at radius 2 is 1.90 bits per heavy atom. The van der Waals surface area contributed by atoms with Crippen LogP contribution >= 0.6 is 0 Å². The Kier molecular flexibility index (Phi) is 3.12. The first-order chi connectivity index (χ1) is 4.79. The number of hydrogen-bond donors (Lipinski definition) is 0. The van der Waals surface area contributed by atoms with Gasteiger partial charge in [-0.15, -0.1) is 0 Å². The van der Waals surface area contributed by atoms with E-state index in [0.29, 0.717) is 5.92 Å². The fourth-order valence-corrected chi connectivity index (χ4v) is 1.39. The lowest BCUT2D eigenvalue weighted by molar-refractivity contribution is 0.207. The molecule has 1 fully saturated rings. The second kappa shape index (κ2) is 3.91. The van der Waals surface area contributed by atoms with Gasteiger partial charge in [0.15, 0.2) is 0 Å². The van der Waals surface area contributed by atoms with Crippen LogP contribution in [-0.2, 0) is 4.65 Å². The monoisotopic (exact) mass is 148 g/mol. The third kappa shape index (κ3) is 2.65. The Labute approximate surface area is 60.0 Å². The van der Waals surface area contributed by atoms with E-state index in [1.165, 1.54) is 12.8 Å². The molecular weight excluding hydrogens is 137 g/mol. The highest BCUT2D eigenvalue weighted by Crippen LogP contribution is 2.24. The van der Waals surface area contributed by atoms with Crippen LogP contribution in [0, 0.1) is 5.92 Å². The first-order valence-electron chi connectivity index (χ1n) is 3.69. The summed E-state index contributed by atoms with van der Waals surface area (Å²) in [5.74, 6) is 0.397. The minimum Gasteiger partial charge on any atom is -0.379 e. The standard InChI is InChI=1S/C6H11BF2O/c8-7(9)10-5-6-3-1-2-4-6/h6H,1-5H2. The molecule has 0 aromatic carbocycles. The van der Waals surface area contributed by atoms with Crippen molar-refractivity contribution in [2.45, 2.75) is 25.7 Å². The average Bonchev–Trinajstić information content (AvgIpc) is 2.34. The molecule has 1 rings (SSSR count). The summed E-state index contributed by atoms with van der Waals surface area (Å²) in [5, 5.41) is 0. The molecule has 0 spiro atoms. The molecule has 10 heavy (non-hydrogen) atoms. The van der Waals surface area contributed by atoms with E-state index in [9.17, 15) is 8.63 Å². The van der Waals surface area contributed by atoms with Crippen molar-refractivity contribution in [3.05, 3.63) is 0 Å². The second-order valence-corrected chi connectivity index (χ2v) is 2.74. The molecule has 0 bridgehead atoms. The molecule has 1 aliphatic rings. The second-order valence-electron chi connectivity index (χ2n) is 2.74. The van der Waals surface area contributed by atoms with Crippen LogP contribution in [0.25, 0.3) is 0 Å². The third-order valence-corrected chi connectivity index (χ3v) is 1.93. The van der Waals surface area contributed by atoms with Crippen LogP contribution in [0.15, 0.2) is 0 Å². The van der Waals surface area contributed by atoms with Gasteiger partial charge in [-0.25, -0.2) is 0 Å². The van der Waals surface area contributed by atoms with Gasteiger partial charge < -0.3 is 4.65 Å². The summed E-state index contributed by atoms with van der Waals surface area (Å²) in [6.45, 7) is 0.248. The van der Waals surface area contributed by atoms with Gasteiger partial charge in [-0.05, 0) is 18.8 Å². The SMILES string of the molecule is FB(F)OCC1CCCC1. The van der Waals surface area contributed by atoms with Gasteiger partial charge in [-0.2, -0.15) is 0 Å². The Bertz CT molecular complexity index is 93.7. The van der Waals surface area contributed by atoms with Crippen LogP contribution in [-0.4, -0.2) is 14.1 Å². The first kappa shape index (κ1) is 7.99. The summed E-state index contributed by atoms with van der Waals surface area (Å²) in [7, 11) is -2.58. The molecule has 1 aliphatic carbocycles. The summed E-state index contributed by atoms with van der Waals surface area (Å²) < 4.78 is 27.1. The molecule has 0 amide bonds. The molecule has 0 atom stereocenters. The fourth-order valence-electron chi connectivity index (χ4n) is 1.39.